The Labute approximate surface area is 122 Å². The Balaban J connectivity index is 1.79. The molecule has 0 heterocycles. The van der Waals surface area contributed by atoms with Gasteiger partial charge < -0.3 is 4.74 Å². The second-order valence-electron chi connectivity index (χ2n) is 3.79. The third kappa shape index (κ3) is 4.51. The molecule has 0 amide bonds. The van der Waals surface area contributed by atoms with Crippen molar-refractivity contribution in [2.24, 2.45) is 0 Å². The fourth-order valence-corrected chi connectivity index (χ4v) is 2.57. The second kappa shape index (κ2) is 7.08. The molecule has 0 spiro atoms. The summed E-state index contributed by atoms with van der Waals surface area (Å²) < 4.78 is 5.60. The van der Waals surface area contributed by atoms with Gasteiger partial charge in [0.1, 0.15) is 5.75 Å². The largest absolute Gasteiger partial charge is 0.493 e. The molecule has 0 fully saturated rings. The summed E-state index contributed by atoms with van der Waals surface area (Å²) >= 11 is 7.60. The minimum absolute atomic E-state index is 0.589. The topological polar surface area (TPSA) is 33.0 Å². The fourth-order valence-electron chi connectivity index (χ4n) is 1.53. The highest BCUT2D eigenvalue weighted by Gasteiger charge is 1.98. The summed E-state index contributed by atoms with van der Waals surface area (Å²) in [5.74, 6) is 1.56. The summed E-state index contributed by atoms with van der Waals surface area (Å²) in [6, 6.07) is 17.0. The van der Waals surface area contributed by atoms with E-state index in [4.69, 9.17) is 21.6 Å². The highest BCUT2D eigenvalue weighted by molar-refractivity contribution is 7.99. The van der Waals surface area contributed by atoms with E-state index >= 15 is 0 Å². The van der Waals surface area contributed by atoms with Gasteiger partial charge in [0.15, 0.2) is 0 Å². The number of benzene rings is 2. The highest BCUT2D eigenvalue weighted by Crippen LogP contribution is 2.21. The molecule has 96 valence electrons. The number of hydrogen-bond acceptors (Lipinski definition) is 3. The maximum absolute atomic E-state index is 8.79. The van der Waals surface area contributed by atoms with E-state index in [0.29, 0.717) is 12.2 Å². The Morgan fingerprint density at radius 2 is 2.00 bits per heavy atom. The number of ether oxygens (including phenoxy) is 1. The Morgan fingerprint density at radius 3 is 2.79 bits per heavy atom. The Kier molecular flexibility index (Phi) is 5.14. The van der Waals surface area contributed by atoms with Crippen molar-refractivity contribution in [3.63, 3.8) is 0 Å². The molecule has 0 radical (unpaired) electrons. The normalized spacial score (nSPS) is 9.89. The average Bonchev–Trinajstić information content (AvgIpc) is 2.44. The molecule has 0 aliphatic carbocycles. The number of hydrogen-bond donors (Lipinski definition) is 0. The van der Waals surface area contributed by atoms with Crippen LogP contribution in [0.1, 0.15) is 5.56 Å². The van der Waals surface area contributed by atoms with Gasteiger partial charge in [-0.25, -0.2) is 0 Å². The first-order valence-corrected chi connectivity index (χ1v) is 7.15. The zero-order valence-electron chi connectivity index (χ0n) is 10.2. The molecule has 2 aromatic rings. The van der Waals surface area contributed by atoms with E-state index in [1.54, 1.807) is 23.9 Å². The van der Waals surface area contributed by atoms with Crippen molar-refractivity contribution in [3.05, 3.63) is 59.1 Å². The predicted molar refractivity (Wildman–Crippen MR) is 78.8 cm³/mol. The molecular weight excluding hydrogens is 278 g/mol. The monoisotopic (exact) mass is 289 g/mol. The van der Waals surface area contributed by atoms with E-state index in [1.807, 2.05) is 36.4 Å². The molecule has 0 unspecified atom stereocenters. The van der Waals surface area contributed by atoms with Gasteiger partial charge >= 0.3 is 0 Å². The van der Waals surface area contributed by atoms with Crippen LogP contribution < -0.4 is 4.74 Å². The first-order valence-electron chi connectivity index (χ1n) is 5.79. The molecule has 0 aromatic heterocycles. The van der Waals surface area contributed by atoms with Crippen molar-refractivity contribution in [2.75, 3.05) is 12.4 Å². The highest BCUT2D eigenvalue weighted by atomic mass is 35.5. The van der Waals surface area contributed by atoms with E-state index in [2.05, 4.69) is 6.07 Å². The van der Waals surface area contributed by atoms with E-state index < -0.39 is 0 Å². The van der Waals surface area contributed by atoms with Gasteiger partial charge in [-0.15, -0.1) is 11.8 Å². The third-order valence-electron chi connectivity index (χ3n) is 2.38. The van der Waals surface area contributed by atoms with Crippen molar-refractivity contribution in [3.8, 4) is 11.8 Å². The smallest absolute Gasteiger partial charge is 0.120 e. The molecule has 0 saturated heterocycles. The van der Waals surface area contributed by atoms with Crippen LogP contribution in [0.5, 0.6) is 5.75 Å². The third-order valence-corrected chi connectivity index (χ3v) is 3.57. The van der Waals surface area contributed by atoms with Gasteiger partial charge in [0, 0.05) is 15.7 Å². The summed E-state index contributed by atoms with van der Waals surface area (Å²) in [6.45, 7) is 0.589. The van der Waals surface area contributed by atoms with Crippen molar-refractivity contribution in [2.45, 2.75) is 4.90 Å². The minimum atomic E-state index is 0.589. The molecule has 4 heteroatoms. The van der Waals surface area contributed by atoms with Gasteiger partial charge in [0.2, 0.25) is 0 Å². The van der Waals surface area contributed by atoms with Crippen molar-refractivity contribution >= 4 is 23.4 Å². The molecule has 0 saturated carbocycles. The lowest BCUT2D eigenvalue weighted by molar-refractivity contribution is 0.344. The molecule has 0 N–H and O–H groups in total. The molecular formula is C15H12ClNOS. The van der Waals surface area contributed by atoms with Crippen molar-refractivity contribution in [1.29, 1.82) is 5.26 Å². The second-order valence-corrected chi connectivity index (χ2v) is 5.40. The summed E-state index contributed by atoms with van der Waals surface area (Å²) in [4.78, 5) is 1.13. The number of halogens is 1. The molecule has 0 atom stereocenters. The van der Waals surface area contributed by atoms with Crippen molar-refractivity contribution < 1.29 is 4.74 Å². The van der Waals surface area contributed by atoms with E-state index in [9.17, 15) is 0 Å². The predicted octanol–water partition coefficient (Wildman–Crippen LogP) is 4.38. The fraction of sp³-hybridized carbons (Fsp3) is 0.133. The number of thioether (sulfide) groups is 1. The van der Waals surface area contributed by atoms with Gasteiger partial charge in [-0.2, -0.15) is 5.26 Å². The van der Waals surface area contributed by atoms with Gasteiger partial charge in [-0.05, 0) is 36.4 Å². The number of nitriles is 1. The first-order chi connectivity index (χ1) is 9.28. The zero-order chi connectivity index (χ0) is 13.5. The Morgan fingerprint density at radius 1 is 1.16 bits per heavy atom. The zero-order valence-corrected chi connectivity index (χ0v) is 11.7. The minimum Gasteiger partial charge on any atom is -0.493 e. The van der Waals surface area contributed by atoms with Crippen LogP contribution in [0.15, 0.2) is 53.4 Å². The van der Waals surface area contributed by atoms with Crippen LogP contribution in [0, 0.1) is 11.3 Å². The Bertz CT molecular complexity index is 595. The summed E-state index contributed by atoms with van der Waals surface area (Å²) in [6.07, 6.45) is 0. The van der Waals surface area contributed by atoms with Gasteiger partial charge in [0.05, 0.1) is 18.2 Å². The number of rotatable bonds is 5. The van der Waals surface area contributed by atoms with E-state index in [-0.39, 0.29) is 0 Å². The van der Waals surface area contributed by atoms with Crippen LogP contribution in [0.2, 0.25) is 5.02 Å². The maximum Gasteiger partial charge on any atom is 0.120 e. The van der Waals surface area contributed by atoms with Crippen LogP contribution in [-0.2, 0) is 0 Å². The summed E-state index contributed by atoms with van der Waals surface area (Å²) in [7, 11) is 0. The molecule has 2 nitrogen and oxygen atoms in total. The van der Waals surface area contributed by atoms with E-state index in [1.165, 1.54) is 0 Å². The molecule has 0 bridgehead atoms. The van der Waals surface area contributed by atoms with Crippen molar-refractivity contribution in [1.82, 2.24) is 0 Å². The van der Waals surface area contributed by atoms with Gasteiger partial charge in [-0.1, -0.05) is 23.7 Å². The lowest BCUT2D eigenvalue weighted by atomic mass is 10.2. The van der Waals surface area contributed by atoms with Crippen LogP contribution in [0.3, 0.4) is 0 Å². The molecule has 19 heavy (non-hydrogen) atoms. The molecule has 0 aliphatic heterocycles. The van der Waals surface area contributed by atoms with Gasteiger partial charge in [0.25, 0.3) is 0 Å². The van der Waals surface area contributed by atoms with Crippen LogP contribution in [-0.4, -0.2) is 12.4 Å². The van der Waals surface area contributed by atoms with E-state index in [0.717, 1.165) is 21.4 Å². The maximum atomic E-state index is 8.79. The summed E-state index contributed by atoms with van der Waals surface area (Å²) in [5, 5.41) is 9.53. The lowest BCUT2D eigenvalue weighted by Gasteiger charge is -2.06. The number of nitrogens with zero attached hydrogens (tertiary/aromatic N) is 1. The van der Waals surface area contributed by atoms with Crippen LogP contribution in [0.4, 0.5) is 0 Å². The molecule has 2 aromatic carbocycles. The Hall–Kier alpha value is -1.63. The lowest BCUT2D eigenvalue weighted by Crippen LogP contribution is -2.00. The standard InChI is InChI=1S/C15H12ClNOS/c16-13-4-2-6-15(10-13)19-8-7-18-14-5-1-3-12(9-14)11-17/h1-6,9-10H,7-8H2. The van der Waals surface area contributed by atoms with Crippen LogP contribution in [0.25, 0.3) is 0 Å². The summed E-state index contributed by atoms with van der Waals surface area (Å²) in [5.41, 5.74) is 0.611. The van der Waals surface area contributed by atoms with Crippen LogP contribution >= 0.6 is 23.4 Å². The first kappa shape index (κ1) is 13.8. The quantitative estimate of drug-likeness (QED) is 0.605. The average molecular weight is 290 g/mol. The van der Waals surface area contributed by atoms with Gasteiger partial charge in [-0.3, -0.25) is 0 Å². The molecule has 2 rings (SSSR count). The SMILES string of the molecule is N#Cc1cccc(OCCSc2cccc(Cl)c2)c1. The molecule has 0 aliphatic rings.